The van der Waals surface area contributed by atoms with Gasteiger partial charge in [-0.05, 0) is 26.5 Å². The zero-order chi connectivity index (χ0) is 11.8. The Hall–Kier alpha value is -0.710. The molecular weight excluding hydrogens is 214 g/mol. The molecule has 0 saturated heterocycles. The summed E-state index contributed by atoms with van der Waals surface area (Å²) < 4.78 is 5.01. The molecule has 0 fully saturated rings. The van der Waals surface area contributed by atoms with Crippen LogP contribution in [-0.4, -0.2) is 36.0 Å². The Morgan fingerprint density at radius 2 is 2.07 bits per heavy atom. The minimum absolute atomic E-state index is 0.0505. The average molecular weight is 233 g/mol. The van der Waals surface area contributed by atoms with Gasteiger partial charge in [0.2, 0.25) is 0 Å². The van der Waals surface area contributed by atoms with Crippen LogP contribution in [-0.2, 0) is 9.53 Å². The van der Waals surface area contributed by atoms with Gasteiger partial charge in [0.25, 0.3) is 0 Å². The highest BCUT2D eigenvalue weighted by molar-refractivity contribution is 7.98. The molecule has 2 atom stereocenters. The number of carbonyl (C=O) groups is 2. The molecule has 1 amide bonds. The molecule has 1 N–H and O–H groups in total. The maximum absolute atomic E-state index is 11.3. The smallest absolute Gasteiger partial charge is 0.408 e. The molecule has 0 rings (SSSR count). The monoisotopic (exact) mass is 233 g/mol. The highest BCUT2D eigenvalue weighted by atomic mass is 32.2. The topological polar surface area (TPSA) is 55.4 Å². The van der Waals surface area contributed by atoms with E-state index >= 15 is 0 Å². The van der Waals surface area contributed by atoms with E-state index in [2.05, 4.69) is 5.32 Å². The van der Waals surface area contributed by atoms with E-state index in [0.717, 1.165) is 6.42 Å². The van der Waals surface area contributed by atoms with Gasteiger partial charge in [-0.25, -0.2) is 4.79 Å². The molecule has 0 spiro atoms. The van der Waals surface area contributed by atoms with Crippen molar-refractivity contribution in [3.05, 3.63) is 0 Å². The van der Waals surface area contributed by atoms with Crippen LogP contribution in [0.15, 0.2) is 0 Å². The fourth-order valence-electron chi connectivity index (χ4n) is 0.870. The summed E-state index contributed by atoms with van der Waals surface area (Å²) in [5, 5.41) is 2.55. The number of rotatable bonds is 6. The third-order valence-electron chi connectivity index (χ3n) is 2.00. The molecule has 5 heteroatoms. The molecule has 0 aromatic rings. The number of carbonyl (C=O) groups excluding carboxylic acids is 2. The van der Waals surface area contributed by atoms with Crippen molar-refractivity contribution in [2.45, 2.75) is 39.3 Å². The van der Waals surface area contributed by atoms with Gasteiger partial charge in [0, 0.05) is 5.75 Å². The van der Waals surface area contributed by atoms with Crippen LogP contribution < -0.4 is 5.32 Å². The molecule has 0 heterocycles. The van der Waals surface area contributed by atoms with Crippen LogP contribution in [0.4, 0.5) is 4.79 Å². The largest absolute Gasteiger partial charge is 0.447 e. The van der Waals surface area contributed by atoms with Crippen LogP contribution in [0.1, 0.15) is 27.2 Å². The Balaban J connectivity index is 4.05. The van der Waals surface area contributed by atoms with Crippen LogP contribution in [0.5, 0.6) is 0 Å². The molecule has 0 aromatic heterocycles. The van der Waals surface area contributed by atoms with Gasteiger partial charge in [-0.15, -0.1) is 0 Å². The summed E-state index contributed by atoms with van der Waals surface area (Å²) in [7, 11) is 0. The summed E-state index contributed by atoms with van der Waals surface area (Å²) in [6, 6.07) is -0.448. The van der Waals surface area contributed by atoms with Gasteiger partial charge in [-0.2, -0.15) is 11.8 Å². The molecule has 0 aliphatic rings. The predicted octanol–water partition coefficient (Wildman–Crippen LogP) is 1.83. The number of ether oxygens (including phenoxy) is 1. The van der Waals surface area contributed by atoms with Gasteiger partial charge in [0.05, 0.1) is 6.04 Å². The normalized spacial score (nSPS) is 14.1. The van der Waals surface area contributed by atoms with E-state index in [9.17, 15) is 9.59 Å². The quantitative estimate of drug-likeness (QED) is 0.760. The number of amides is 1. The second-order valence-corrected chi connectivity index (χ2v) is 4.30. The van der Waals surface area contributed by atoms with E-state index in [1.807, 2.05) is 20.1 Å². The van der Waals surface area contributed by atoms with Crippen LogP contribution in [0.3, 0.4) is 0 Å². The van der Waals surface area contributed by atoms with Gasteiger partial charge >= 0.3 is 6.09 Å². The van der Waals surface area contributed by atoms with Crippen LogP contribution in [0, 0.1) is 0 Å². The second kappa shape index (κ2) is 7.56. The Bertz CT molecular complexity index is 221. The molecule has 0 aliphatic carbocycles. The number of Topliss-reactive ketones (excluding diaryl/α,β-unsaturated/α-hetero) is 1. The first kappa shape index (κ1) is 14.3. The highest BCUT2D eigenvalue weighted by Gasteiger charge is 2.17. The number of thioether (sulfide) groups is 1. The van der Waals surface area contributed by atoms with Crippen molar-refractivity contribution in [1.82, 2.24) is 5.32 Å². The maximum atomic E-state index is 11.3. The third-order valence-corrected chi connectivity index (χ3v) is 2.67. The van der Waals surface area contributed by atoms with E-state index in [4.69, 9.17) is 4.74 Å². The van der Waals surface area contributed by atoms with E-state index < -0.39 is 12.1 Å². The minimum atomic E-state index is -0.515. The lowest BCUT2D eigenvalue weighted by atomic mass is 10.2. The third kappa shape index (κ3) is 6.38. The summed E-state index contributed by atoms with van der Waals surface area (Å²) in [4.78, 5) is 22.4. The Morgan fingerprint density at radius 3 is 2.47 bits per heavy atom. The minimum Gasteiger partial charge on any atom is -0.447 e. The van der Waals surface area contributed by atoms with Crippen LogP contribution in [0.2, 0.25) is 0 Å². The Morgan fingerprint density at radius 1 is 1.47 bits per heavy atom. The summed E-state index contributed by atoms with van der Waals surface area (Å²) in [5.74, 6) is 0.524. The van der Waals surface area contributed by atoms with E-state index in [0.29, 0.717) is 5.75 Å². The number of hydrogen-bond acceptors (Lipinski definition) is 4. The fourth-order valence-corrected chi connectivity index (χ4v) is 1.52. The first-order valence-electron chi connectivity index (χ1n) is 4.97. The van der Waals surface area contributed by atoms with Crippen molar-refractivity contribution in [3.63, 3.8) is 0 Å². The van der Waals surface area contributed by atoms with Gasteiger partial charge < -0.3 is 10.1 Å². The van der Waals surface area contributed by atoms with Gasteiger partial charge in [-0.3, -0.25) is 4.79 Å². The lowest BCUT2D eigenvalue weighted by Crippen LogP contribution is -2.42. The van der Waals surface area contributed by atoms with Crippen molar-refractivity contribution in [1.29, 1.82) is 0 Å². The molecule has 0 bridgehead atoms. The number of hydrogen-bond donors (Lipinski definition) is 1. The zero-order valence-electron chi connectivity index (χ0n) is 9.70. The van der Waals surface area contributed by atoms with Crippen LogP contribution >= 0.6 is 11.8 Å². The summed E-state index contributed by atoms with van der Waals surface area (Å²) in [6.45, 7) is 5.21. The molecule has 0 saturated carbocycles. The van der Waals surface area contributed by atoms with Gasteiger partial charge in [0.1, 0.15) is 6.10 Å². The molecule has 0 radical (unpaired) electrons. The number of ketones is 1. The fraction of sp³-hybridized carbons (Fsp3) is 0.800. The van der Waals surface area contributed by atoms with E-state index in [1.165, 1.54) is 18.7 Å². The van der Waals surface area contributed by atoms with Crippen LogP contribution in [0.25, 0.3) is 0 Å². The molecule has 4 nitrogen and oxygen atoms in total. The molecular formula is C10H19NO3S. The zero-order valence-corrected chi connectivity index (χ0v) is 10.5. The molecule has 15 heavy (non-hydrogen) atoms. The average Bonchev–Trinajstić information content (AvgIpc) is 2.16. The van der Waals surface area contributed by atoms with Gasteiger partial charge in [0.15, 0.2) is 5.78 Å². The highest BCUT2D eigenvalue weighted by Crippen LogP contribution is 2.01. The summed E-state index contributed by atoms with van der Waals surface area (Å²) in [5.41, 5.74) is 0. The summed E-state index contributed by atoms with van der Waals surface area (Å²) in [6.07, 6.45) is 2.02. The van der Waals surface area contributed by atoms with Gasteiger partial charge in [-0.1, -0.05) is 6.92 Å². The van der Waals surface area contributed by atoms with Crippen molar-refractivity contribution in [2.24, 2.45) is 0 Å². The molecule has 1 unspecified atom stereocenters. The molecule has 0 aliphatic heterocycles. The number of nitrogens with one attached hydrogen (secondary N) is 1. The molecule has 0 aromatic carbocycles. The Labute approximate surface area is 95.1 Å². The second-order valence-electron chi connectivity index (χ2n) is 3.39. The lowest BCUT2D eigenvalue weighted by molar-refractivity contribution is -0.118. The van der Waals surface area contributed by atoms with E-state index in [-0.39, 0.29) is 11.9 Å². The molecule has 88 valence electrons. The van der Waals surface area contributed by atoms with Crippen molar-refractivity contribution < 1.29 is 14.3 Å². The van der Waals surface area contributed by atoms with Crippen molar-refractivity contribution >= 4 is 23.6 Å². The predicted molar refractivity (Wildman–Crippen MR) is 62.2 cm³/mol. The SMILES string of the molecule is CCC(C)OC(=O)N[C@@H](CSC)C(C)=O. The van der Waals surface area contributed by atoms with Crippen molar-refractivity contribution in [2.75, 3.05) is 12.0 Å². The first-order valence-corrected chi connectivity index (χ1v) is 6.37. The standard InChI is InChI=1S/C10H19NO3S/c1-5-7(2)14-10(13)11-9(6-15-4)8(3)12/h7,9H,5-6H2,1-4H3,(H,11,13)/t7?,9-/m0/s1. The first-order chi connectivity index (χ1) is 7.01. The summed E-state index contributed by atoms with van der Waals surface area (Å²) >= 11 is 1.51. The number of alkyl carbamates (subject to hydrolysis) is 1. The Kier molecular flexibility index (Phi) is 7.21. The maximum Gasteiger partial charge on any atom is 0.408 e. The lowest BCUT2D eigenvalue weighted by Gasteiger charge is -2.17. The van der Waals surface area contributed by atoms with E-state index in [1.54, 1.807) is 0 Å². The van der Waals surface area contributed by atoms with Crippen molar-refractivity contribution in [3.8, 4) is 0 Å².